The summed E-state index contributed by atoms with van der Waals surface area (Å²) in [7, 11) is 0. The van der Waals surface area contributed by atoms with Gasteiger partial charge in [0.1, 0.15) is 23.7 Å². The minimum absolute atomic E-state index is 0.0429. The second-order valence-electron chi connectivity index (χ2n) is 6.14. The molecule has 7 nitrogen and oxygen atoms in total. The van der Waals surface area contributed by atoms with E-state index in [0.29, 0.717) is 28.9 Å². The van der Waals surface area contributed by atoms with Crippen molar-refractivity contribution in [3.8, 4) is 0 Å². The molecule has 0 saturated carbocycles. The summed E-state index contributed by atoms with van der Waals surface area (Å²) in [6, 6.07) is 9.62. The summed E-state index contributed by atoms with van der Waals surface area (Å²) in [6.07, 6.45) is 2.13. The maximum Gasteiger partial charge on any atom is 0.291 e. The number of rotatable bonds is 5. The lowest BCUT2D eigenvalue weighted by molar-refractivity contribution is -0.122. The smallest absolute Gasteiger partial charge is 0.291 e. The number of benzene rings is 1. The van der Waals surface area contributed by atoms with Gasteiger partial charge in [0.2, 0.25) is 5.91 Å². The number of amides is 1. The molecule has 0 radical (unpaired) electrons. The van der Waals surface area contributed by atoms with Crippen molar-refractivity contribution in [2.75, 3.05) is 0 Å². The molecular weight excluding hydrogens is 351 g/mol. The van der Waals surface area contributed by atoms with E-state index in [0.717, 1.165) is 10.2 Å². The van der Waals surface area contributed by atoms with Crippen molar-refractivity contribution in [2.24, 2.45) is 0 Å². The van der Waals surface area contributed by atoms with Gasteiger partial charge in [0.05, 0.1) is 11.8 Å². The Morgan fingerprint density at radius 1 is 1.26 bits per heavy atom. The second kappa shape index (κ2) is 6.71. The average molecular weight is 368 g/mol. The van der Waals surface area contributed by atoms with Gasteiger partial charge in [-0.2, -0.15) is 5.10 Å². The summed E-state index contributed by atoms with van der Waals surface area (Å²) in [5, 5.41) is 6.94. The third-order valence-electron chi connectivity index (χ3n) is 4.41. The maximum atomic E-state index is 13.6. The lowest BCUT2D eigenvalue weighted by Crippen LogP contribution is -2.35. The van der Waals surface area contributed by atoms with Gasteiger partial charge in [0.15, 0.2) is 5.58 Å². The normalized spacial score (nSPS) is 11.3. The Bertz CT molecular complexity index is 1200. The van der Waals surface area contributed by atoms with E-state index < -0.39 is 11.7 Å². The van der Waals surface area contributed by atoms with Crippen LogP contribution >= 0.6 is 0 Å². The molecule has 1 amide bonds. The Morgan fingerprint density at radius 3 is 2.85 bits per heavy atom. The van der Waals surface area contributed by atoms with Crippen molar-refractivity contribution < 1.29 is 13.6 Å². The number of fused-ring (bicyclic) bond motifs is 3. The van der Waals surface area contributed by atoms with Crippen molar-refractivity contribution in [1.82, 2.24) is 19.5 Å². The third-order valence-corrected chi connectivity index (χ3v) is 4.41. The summed E-state index contributed by atoms with van der Waals surface area (Å²) in [6.45, 7) is 1.71. The zero-order valence-electron chi connectivity index (χ0n) is 14.6. The number of aryl methyl sites for hydroxylation is 1. The number of nitrogens with one attached hydrogen (secondary N) is 1. The lowest BCUT2D eigenvalue weighted by Gasteiger charge is -2.10. The number of aromatic nitrogens is 3. The Balaban J connectivity index is 1.62. The van der Waals surface area contributed by atoms with E-state index in [9.17, 15) is 14.0 Å². The summed E-state index contributed by atoms with van der Waals surface area (Å²) in [5.74, 6) is -0.170. The number of carbonyl (C=O) groups is 1. The molecule has 0 aliphatic carbocycles. The molecule has 0 spiro atoms. The topological polar surface area (TPSA) is 81.5 Å². The Hall–Kier alpha value is -3.42. The molecule has 0 aliphatic rings. The van der Waals surface area contributed by atoms with Gasteiger partial charge in [-0.3, -0.25) is 14.0 Å². The predicted molar refractivity (Wildman–Crippen MR) is 96.8 cm³/mol. The number of carbonyl (C=O) groups excluding carboxylic acids is 1. The molecule has 1 aromatic carbocycles. The van der Waals surface area contributed by atoms with Crippen LogP contribution in [0, 0.1) is 5.82 Å². The van der Waals surface area contributed by atoms with E-state index in [2.05, 4.69) is 10.4 Å². The van der Waals surface area contributed by atoms with Gasteiger partial charge < -0.3 is 9.73 Å². The number of furan rings is 1. The molecule has 0 bridgehead atoms. The molecule has 8 heteroatoms. The van der Waals surface area contributed by atoms with E-state index in [-0.39, 0.29) is 18.6 Å². The molecule has 4 rings (SSSR count). The van der Waals surface area contributed by atoms with E-state index in [4.69, 9.17) is 4.42 Å². The van der Waals surface area contributed by atoms with Crippen LogP contribution < -0.4 is 10.9 Å². The van der Waals surface area contributed by atoms with Gasteiger partial charge >= 0.3 is 0 Å². The van der Waals surface area contributed by atoms with Gasteiger partial charge in [-0.15, -0.1) is 0 Å². The molecule has 0 fully saturated rings. The first kappa shape index (κ1) is 17.0. The summed E-state index contributed by atoms with van der Waals surface area (Å²) < 4.78 is 21.9. The van der Waals surface area contributed by atoms with Gasteiger partial charge in [0, 0.05) is 30.7 Å². The third kappa shape index (κ3) is 2.99. The predicted octanol–water partition coefficient (Wildman–Crippen LogP) is 2.26. The van der Waals surface area contributed by atoms with Crippen molar-refractivity contribution in [3.05, 3.63) is 70.2 Å². The average Bonchev–Trinajstić information content (AvgIpc) is 3.25. The maximum absolute atomic E-state index is 13.6. The van der Waals surface area contributed by atoms with Crippen LogP contribution in [0.3, 0.4) is 0 Å². The van der Waals surface area contributed by atoms with E-state index in [1.165, 1.54) is 6.07 Å². The first-order chi connectivity index (χ1) is 13.1. The molecule has 3 heterocycles. The van der Waals surface area contributed by atoms with Gasteiger partial charge in [-0.1, -0.05) is 25.1 Å². The highest BCUT2D eigenvalue weighted by Gasteiger charge is 2.16. The Morgan fingerprint density at radius 2 is 2.07 bits per heavy atom. The fourth-order valence-corrected chi connectivity index (χ4v) is 3.09. The summed E-state index contributed by atoms with van der Waals surface area (Å²) >= 11 is 0. The minimum Gasteiger partial charge on any atom is -0.463 e. The molecule has 0 aliphatic heterocycles. The highest BCUT2D eigenvalue weighted by Crippen LogP contribution is 2.20. The van der Waals surface area contributed by atoms with Gasteiger partial charge in [-0.25, -0.2) is 9.07 Å². The minimum atomic E-state index is -0.422. The van der Waals surface area contributed by atoms with Crippen molar-refractivity contribution in [3.63, 3.8) is 0 Å². The van der Waals surface area contributed by atoms with Gasteiger partial charge in [-0.05, 0) is 6.07 Å². The van der Waals surface area contributed by atoms with Crippen LogP contribution in [0.25, 0.3) is 16.6 Å². The van der Waals surface area contributed by atoms with Crippen LogP contribution in [0.4, 0.5) is 4.39 Å². The lowest BCUT2D eigenvalue weighted by atomic mass is 10.2. The largest absolute Gasteiger partial charge is 0.463 e. The monoisotopic (exact) mass is 368 g/mol. The van der Waals surface area contributed by atoms with Crippen LogP contribution in [0.2, 0.25) is 0 Å². The molecule has 0 saturated heterocycles. The fourth-order valence-electron chi connectivity index (χ4n) is 3.09. The van der Waals surface area contributed by atoms with Crippen LogP contribution in [-0.2, 0) is 24.3 Å². The first-order valence-electron chi connectivity index (χ1n) is 8.57. The molecule has 3 aromatic heterocycles. The van der Waals surface area contributed by atoms with Crippen LogP contribution in [0.5, 0.6) is 0 Å². The van der Waals surface area contributed by atoms with E-state index >= 15 is 0 Å². The van der Waals surface area contributed by atoms with Crippen molar-refractivity contribution in [2.45, 2.75) is 26.4 Å². The van der Waals surface area contributed by atoms with Crippen LogP contribution in [-0.4, -0.2) is 20.1 Å². The Kier molecular flexibility index (Phi) is 4.23. The number of hydrogen-bond donors (Lipinski definition) is 1. The van der Waals surface area contributed by atoms with Crippen molar-refractivity contribution >= 4 is 22.5 Å². The van der Waals surface area contributed by atoms with Crippen LogP contribution in [0.1, 0.15) is 18.3 Å². The summed E-state index contributed by atoms with van der Waals surface area (Å²) in [4.78, 5) is 25.0. The molecule has 4 aromatic rings. The SMILES string of the molecule is CCc1nn(CC(=O)NCc2ccccc2F)c(=O)c2cc3occc3n12. The molecular formula is C19H17FN4O3. The zero-order valence-corrected chi connectivity index (χ0v) is 14.6. The highest BCUT2D eigenvalue weighted by atomic mass is 19.1. The Labute approximate surface area is 153 Å². The van der Waals surface area contributed by atoms with Crippen LogP contribution in [0.15, 0.2) is 51.9 Å². The fraction of sp³-hybridized carbons (Fsp3) is 0.211. The number of hydrogen-bond acceptors (Lipinski definition) is 4. The highest BCUT2D eigenvalue weighted by molar-refractivity contribution is 5.82. The number of nitrogens with zero attached hydrogens (tertiary/aromatic N) is 3. The second-order valence-corrected chi connectivity index (χ2v) is 6.14. The standard InChI is InChI=1S/C19H17FN4O3/c1-2-17-22-23(11-18(25)21-10-12-5-3-4-6-13(12)20)19(26)15-9-16-14(24(15)17)7-8-27-16/h3-9H,2,10-11H2,1H3,(H,21,25). The molecule has 0 unspecified atom stereocenters. The zero-order chi connectivity index (χ0) is 19.0. The number of halogens is 1. The van der Waals surface area contributed by atoms with E-state index in [1.54, 1.807) is 41.0 Å². The quantitative estimate of drug-likeness (QED) is 0.586. The summed E-state index contributed by atoms with van der Waals surface area (Å²) in [5.41, 5.74) is 1.74. The van der Waals surface area contributed by atoms with Gasteiger partial charge in [0.25, 0.3) is 5.56 Å². The molecule has 1 N–H and O–H groups in total. The molecule has 138 valence electrons. The van der Waals surface area contributed by atoms with Crippen molar-refractivity contribution in [1.29, 1.82) is 0 Å². The first-order valence-corrected chi connectivity index (χ1v) is 8.57. The molecule has 0 atom stereocenters. The molecule has 27 heavy (non-hydrogen) atoms. The van der Waals surface area contributed by atoms with E-state index in [1.807, 2.05) is 6.92 Å².